The number of rotatable bonds is 4. The van der Waals surface area contributed by atoms with E-state index in [1.165, 1.54) is 12.1 Å². The van der Waals surface area contributed by atoms with Crippen molar-refractivity contribution in [2.45, 2.75) is 6.92 Å². The highest BCUT2D eigenvalue weighted by Crippen LogP contribution is 2.30. The van der Waals surface area contributed by atoms with E-state index in [1.54, 1.807) is 17.1 Å². The summed E-state index contributed by atoms with van der Waals surface area (Å²) >= 11 is 11.7. The molecule has 0 saturated heterocycles. The maximum Gasteiger partial charge on any atom is 0.337 e. The Bertz CT molecular complexity index is 1220. The van der Waals surface area contributed by atoms with Crippen LogP contribution in [0.1, 0.15) is 5.56 Å². The Hall–Kier alpha value is -3.43. The molecule has 4 heterocycles. The fraction of sp³-hybridized carbons (Fsp3) is 0.105. The zero-order chi connectivity index (χ0) is 21.3. The van der Waals surface area contributed by atoms with Gasteiger partial charge in [0.05, 0.1) is 5.39 Å². The minimum atomic E-state index is -0.520. The lowest BCUT2D eigenvalue weighted by Gasteiger charge is -2.11. The van der Waals surface area contributed by atoms with Crippen molar-refractivity contribution >= 4 is 51.8 Å². The highest BCUT2D eigenvalue weighted by molar-refractivity contribution is 6.33. The molecule has 0 radical (unpaired) electrons. The minimum Gasteiger partial charge on any atom is -0.306 e. The number of halogens is 2. The largest absolute Gasteiger partial charge is 0.337 e. The molecule has 152 valence electrons. The number of aryl methyl sites for hydroxylation is 2. The number of hydrogen-bond acceptors (Lipinski definition) is 6. The predicted octanol–water partition coefficient (Wildman–Crippen LogP) is 4.19. The quantitative estimate of drug-likeness (QED) is 0.322. The molecule has 4 aromatic heterocycles. The molecule has 0 aliphatic carbocycles. The molecule has 0 atom stereocenters. The maximum absolute atomic E-state index is 12.2. The standard InChI is InChI=1S/C19H16Cl2N8O/c1-10-6-15(26-27-19(30)23-12-7-13(20)24-14(21)8-12)25-18-16(10)17(28-29(18)2)11-4-3-5-22-9-11/h3-9H,1-2H3,(H,25,26)(H2,23,24,27,30). The summed E-state index contributed by atoms with van der Waals surface area (Å²) in [6.07, 6.45) is 3.48. The van der Waals surface area contributed by atoms with E-state index in [1.807, 2.05) is 32.2 Å². The first-order chi connectivity index (χ1) is 14.4. The number of carbonyl (C=O) groups is 1. The second-order valence-corrected chi connectivity index (χ2v) is 7.22. The van der Waals surface area contributed by atoms with Crippen LogP contribution < -0.4 is 16.2 Å². The van der Waals surface area contributed by atoms with E-state index >= 15 is 0 Å². The molecule has 0 spiro atoms. The van der Waals surface area contributed by atoms with Gasteiger partial charge >= 0.3 is 6.03 Å². The fourth-order valence-electron chi connectivity index (χ4n) is 3.02. The van der Waals surface area contributed by atoms with Gasteiger partial charge in [-0.1, -0.05) is 23.2 Å². The monoisotopic (exact) mass is 442 g/mol. The molecule has 4 aromatic rings. The second-order valence-electron chi connectivity index (χ2n) is 6.44. The molecule has 9 nitrogen and oxygen atoms in total. The van der Waals surface area contributed by atoms with Crippen molar-refractivity contribution in [3.63, 3.8) is 0 Å². The molecule has 4 rings (SSSR count). The maximum atomic E-state index is 12.2. The van der Waals surface area contributed by atoms with Crippen molar-refractivity contribution in [1.29, 1.82) is 0 Å². The lowest BCUT2D eigenvalue weighted by atomic mass is 10.1. The molecule has 0 unspecified atom stereocenters. The summed E-state index contributed by atoms with van der Waals surface area (Å²) in [5, 5.41) is 8.46. The fourth-order valence-corrected chi connectivity index (χ4v) is 3.48. The molecule has 0 fully saturated rings. The van der Waals surface area contributed by atoms with Crippen LogP contribution in [0, 0.1) is 6.92 Å². The third-order valence-corrected chi connectivity index (χ3v) is 4.64. The van der Waals surface area contributed by atoms with Crippen LogP contribution in [0.3, 0.4) is 0 Å². The van der Waals surface area contributed by atoms with Crippen molar-refractivity contribution in [1.82, 2.24) is 30.2 Å². The van der Waals surface area contributed by atoms with E-state index in [4.69, 9.17) is 23.2 Å². The summed E-state index contributed by atoms with van der Waals surface area (Å²) in [4.78, 5) is 24.7. The zero-order valence-electron chi connectivity index (χ0n) is 15.9. The first-order valence-corrected chi connectivity index (χ1v) is 9.57. The number of fused-ring (bicyclic) bond motifs is 1. The Morgan fingerprint density at radius 2 is 1.90 bits per heavy atom. The zero-order valence-corrected chi connectivity index (χ0v) is 17.5. The Balaban J connectivity index is 1.54. The number of aromatic nitrogens is 5. The molecule has 30 heavy (non-hydrogen) atoms. The Labute approximate surface area is 181 Å². The van der Waals surface area contributed by atoms with Gasteiger partial charge in [0.1, 0.15) is 21.8 Å². The molecule has 0 aromatic carbocycles. The molecule has 2 amide bonds. The van der Waals surface area contributed by atoms with E-state index in [2.05, 4.69) is 36.2 Å². The van der Waals surface area contributed by atoms with E-state index in [-0.39, 0.29) is 10.3 Å². The Kier molecular flexibility index (Phi) is 5.39. The Morgan fingerprint density at radius 3 is 2.60 bits per heavy atom. The van der Waals surface area contributed by atoms with Crippen molar-refractivity contribution in [3.8, 4) is 11.3 Å². The molecule has 11 heteroatoms. The first-order valence-electron chi connectivity index (χ1n) is 8.81. The van der Waals surface area contributed by atoms with Crippen molar-refractivity contribution in [3.05, 3.63) is 58.6 Å². The molecular weight excluding hydrogens is 427 g/mol. The highest BCUT2D eigenvalue weighted by atomic mass is 35.5. The van der Waals surface area contributed by atoms with Gasteiger partial charge in [0.2, 0.25) is 0 Å². The van der Waals surface area contributed by atoms with E-state index < -0.39 is 6.03 Å². The predicted molar refractivity (Wildman–Crippen MR) is 117 cm³/mol. The number of nitrogens with zero attached hydrogens (tertiary/aromatic N) is 5. The van der Waals surface area contributed by atoms with E-state index in [9.17, 15) is 4.79 Å². The van der Waals surface area contributed by atoms with Crippen LogP contribution in [-0.2, 0) is 7.05 Å². The molecule has 0 bridgehead atoms. The normalized spacial score (nSPS) is 10.8. The van der Waals surface area contributed by atoms with Crippen molar-refractivity contribution in [2.75, 3.05) is 10.7 Å². The summed E-state index contributed by atoms with van der Waals surface area (Å²) in [5.41, 5.74) is 9.06. The Morgan fingerprint density at radius 1 is 1.13 bits per heavy atom. The molecular formula is C19H16Cl2N8O. The van der Waals surface area contributed by atoms with Gasteiger partial charge in [-0.15, -0.1) is 0 Å². The van der Waals surface area contributed by atoms with Crippen LogP contribution in [0.2, 0.25) is 10.3 Å². The third-order valence-electron chi connectivity index (χ3n) is 4.25. The average molecular weight is 443 g/mol. The highest BCUT2D eigenvalue weighted by Gasteiger charge is 2.16. The number of hydrogen-bond donors (Lipinski definition) is 3. The first kappa shape index (κ1) is 19.9. The van der Waals surface area contributed by atoms with Gasteiger partial charge in [-0.3, -0.25) is 15.8 Å². The van der Waals surface area contributed by atoms with Crippen LogP contribution in [0.25, 0.3) is 22.3 Å². The lowest BCUT2D eigenvalue weighted by Crippen LogP contribution is -2.34. The summed E-state index contributed by atoms with van der Waals surface area (Å²) in [6, 6.07) is 8.08. The number of amides is 2. The van der Waals surface area contributed by atoms with Gasteiger partial charge in [0.15, 0.2) is 5.65 Å². The number of urea groups is 1. The number of pyridine rings is 3. The van der Waals surface area contributed by atoms with Gasteiger partial charge in [-0.05, 0) is 42.8 Å². The second kappa shape index (κ2) is 8.13. The number of nitrogens with one attached hydrogen (secondary N) is 3. The minimum absolute atomic E-state index is 0.175. The van der Waals surface area contributed by atoms with Crippen molar-refractivity contribution < 1.29 is 4.79 Å². The van der Waals surface area contributed by atoms with Gasteiger partial charge in [-0.25, -0.2) is 19.4 Å². The number of anilines is 2. The summed E-state index contributed by atoms with van der Waals surface area (Å²) in [5.74, 6) is 0.460. The van der Waals surface area contributed by atoms with Crippen LogP contribution in [0.5, 0.6) is 0 Å². The van der Waals surface area contributed by atoms with Gasteiger partial charge < -0.3 is 5.32 Å². The SMILES string of the molecule is Cc1cc(NNC(=O)Nc2cc(Cl)nc(Cl)c2)nc2c1c(-c1cccnc1)nn2C. The van der Waals surface area contributed by atoms with E-state index in [0.717, 1.165) is 22.2 Å². The van der Waals surface area contributed by atoms with Crippen LogP contribution in [0.15, 0.2) is 42.7 Å². The smallest absolute Gasteiger partial charge is 0.306 e. The lowest BCUT2D eigenvalue weighted by molar-refractivity contribution is 0.254. The van der Waals surface area contributed by atoms with Crippen LogP contribution >= 0.6 is 23.2 Å². The molecule has 0 aliphatic heterocycles. The van der Waals surface area contributed by atoms with Crippen molar-refractivity contribution in [2.24, 2.45) is 7.05 Å². The topological polar surface area (TPSA) is 110 Å². The summed E-state index contributed by atoms with van der Waals surface area (Å²) in [6.45, 7) is 1.96. The van der Waals surface area contributed by atoms with E-state index in [0.29, 0.717) is 17.2 Å². The van der Waals surface area contributed by atoms with Crippen LogP contribution in [0.4, 0.5) is 16.3 Å². The van der Waals surface area contributed by atoms with Crippen LogP contribution in [-0.4, -0.2) is 30.8 Å². The number of hydrazine groups is 1. The summed E-state index contributed by atoms with van der Waals surface area (Å²) < 4.78 is 1.69. The molecule has 3 N–H and O–H groups in total. The summed E-state index contributed by atoms with van der Waals surface area (Å²) in [7, 11) is 1.81. The average Bonchev–Trinajstić information content (AvgIpc) is 3.03. The van der Waals surface area contributed by atoms with Gasteiger partial charge in [0, 0.05) is 30.7 Å². The number of carbonyl (C=O) groups excluding carboxylic acids is 1. The molecule has 0 saturated carbocycles. The van der Waals surface area contributed by atoms with Gasteiger partial charge in [0.25, 0.3) is 0 Å². The van der Waals surface area contributed by atoms with Gasteiger partial charge in [-0.2, -0.15) is 5.10 Å². The third kappa shape index (κ3) is 4.12. The molecule has 0 aliphatic rings.